The normalized spacial score (nSPS) is 16.8. The third kappa shape index (κ3) is 7.39. The van der Waals surface area contributed by atoms with E-state index in [0.29, 0.717) is 64.8 Å². The second-order valence-corrected chi connectivity index (χ2v) is 12.2. The first-order valence-electron chi connectivity index (χ1n) is 15.5. The second kappa shape index (κ2) is 14.2. The molecule has 0 saturated carbocycles. The van der Waals surface area contributed by atoms with E-state index >= 15 is 0 Å². The van der Waals surface area contributed by atoms with Crippen molar-refractivity contribution in [3.63, 3.8) is 0 Å². The van der Waals surface area contributed by atoms with Crippen molar-refractivity contribution < 1.29 is 22.7 Å². The van der Waals surface area contributed by atoms with Gasteiger partial charge in [0.25, 0.3) is 5.56 Å². The number of nitrogens with zero attached hydrogens (tertiary/aromatic N) is 8. The number of rotatable bonds is 6. The number of pyridine rings is 1. The van der Waals surface area contributed by atoms with E-state index in [1.54, 1.807) is 29.1 Å². The maximum absolute atomic E-state index is 13.9. The molecule has 264 valence electrons. The molecule has 51 heavy (non-hydrogen) atoms. The van der Waals surface area contributed by atoms with E-state index in [1.165, 1.54) is 54.8 Å². The van der Waals surface area contributed by atoms with Gasteiger partial charge in [-0.1, -0.05) is 24.9 Å². The Morgan fingerprint density at radius 3 is 2.65 bits per heavy atom. The van der Waals surface area contributed by atoms with Crippen LogP contribution in [0.4, 0.5) is 24.5 Å². The molecule has 6 rings (SSSR count). The van der Waals surface area contributed by atoms with Gasteiger partial charge in [-0.3, -0.25) is 24.1 Å². The van der Waals surface area contributed by atoms with Gasteiger partial charge < -0.3 is 15.8 Å². The fraction of sp³-hybridized carbons (Fsp3) is 0.242. The standard InChI is InChI=1S/C33H31ClF3N11O3/c1-18-4-3-5-26(46-17-43-22(12-30(46)49)21-11-20(34)6-7-25(21)47(39)15-27(38)33(35,36)37)23-10-19(8-9-40-23)31-24(45-32(18)50)14-44-48(31)28-13-29(51-2)42-16-41-28/h6-18,26H,3-5,38-39H2,1-2H3,(H,45,50)/b27-15-. The molecular weight excluding hydrogens is 691 g/mol. The monoisotopic (exact) mass is 721 g/mol. The molecule has 5 aromatic rings. The summed E-state index contributed by atoms with van der Waals surface area (Å²) in [4.78, 5) is 44.7. The van der Waals surface area contributed by atoms with Crippen molar-refractivity contribution in [1.82, 2.24) is 34.3 Å². The summed E-state index contributed by atoms with van der Waals surface area (Å²) >= 11 is 6.24. The van der Waals surface area contributed by atoms with Gasteiger partial charge in [0.05, 0.1) is 54.1 Å². The lowest BCUT2D eigenvalue weighted by Gasteiger charge is -2.23. The Kier molecular flexibility index (Phi) is 9.75. The lowest BCUT2D eigenvalue weighted by atomic mass is 9.97. The first-order valence-corrected chi connectivity index (χ1v) is 15.9. The van der Waals surface area contributed by atoms with Crippen LogP contribution in [0, 0.1) is 5.92 Å². The highest BCUT2D eigenvalue weighted by molar-refractivity contribution is 6.31. The van der Waals surface area contributed by atoms with Crippen molar-refractivity contribution in [3.8, 4) is 34.2 Å². The average Bonchev–Trinajstić information content (AvgIpc) is 3.52. The van der Waals surface area contributed by atoms with Gasteiger partial charge in [-0.2, -0.15) is 18.3 Å². The van der Waals surface area contributed by atoms with Crippen LogP contribution in [0.2, 0.25) is 5.02 Å². The molecule has 2 unspecified atom stereocenters. The molecule has 0 aliphatic carbocycles. The van der Waals surface area contributed by atoms with Crippen LogP contribution in [0.5, 0.6) is 5.88 Å². The number of amides is 1. The highest BCUT2D eigenvalue weighted by Crippen LogP contribution is 2.35. The van der Waals surface area contributed by atoms with Gasteiger partial charge in [0.2, 0.25) is 11.8 Å². The van der Waals surface area contributed by atoms with Gasteiger partial charge in [0.15, 0.2) is 5.82 Å². The highest BCUT2D eigenvalue weighted by atomic mass is 35.5. The number of nitrogens with two attached hydrogens (primary N) is 2. The SMILES string of the molecule is COc1cc(-n2ncc3c2-c2ccnc(c2)C(n2cnc(-c4cc(Cl)ccc4N(N)/C=C(\N)C(F)(F)F)cc2=O)CCCC(C)C(=O)N3)ncn1. The summed E-state index contributed by atoms with van der Waals surface area (Å²) in [7, 11) is 1.48. The van der Waals surface area contributed by atoms with Crippen molar-refractivity contribution in [2.75, 3.05) is 17.4 Å². The number of hydrogen-bond donors (Lipinski definition) is 3. The van der Waals surface area contributed by atoms with Gasteiger partial charge in [-0.25, -0.2) is 25.5 Å². The lowest BCUT2D eigenvalue weighted by molar-refractivity contribution is -0.119. The fourth-order valence-electron chi connectivity index (χ4n) is 5.68. The predicted octanol–water partition coefficient (Wildman–Crippen LogP) is 5.00. The zero-order valence-electron chi connectivity index (χ0n) is 27.2. The number of anilines is 2. The van der Waals surface area contributed by atoms with Gasteiger partial charge >= 0.3 is 6.18 Å². The Labute approximate surface area is 293 Å². The number of allylic oxidation sites excluding steroid dienone is 1. The first-order chi connectivity index (χ1) is 24.3. The summed E-state index contributed by atoms with van der Waals surface area (Å²) < 4.78 is 47.7. The zero-order valence-corrected chi connectivity index (χ0v) is 27.9. The smallest absolute Gasteiger partial charge is 0.432 e. The van der Waals surface area contributed by atoms with Crippen LogP contribution in [0.1, 0.15) is 37.9 Å². The number of methoxy groups -OCH3 is 1. The largest absolute Gasteiger partial charge is 0.481 e. The number of nitrogens with one attached hydrogen (secondary N) is 1. The van der Waals surface area contributed by atoms with Crippen LogP contribution in [0.15, 0.2) is 84.2 Å². The van der Waals surface area contributed by atoms with Crippen molar-refractivity contribution in [1.29, 1.82) is 0 Å². The zero-order chi connectivity index (χ0) is 36.4. The molecule has 0 saturated heterocycles. The molecule has 0 spiro atoms. The number of carbonyl (C=O) groups excluding carboxylic acids is 1. The van der Waals surface area contributed by atoms with E-state index in [-0.39, 0.29) is 33.8 Å². The molecule has 1 aliphatic rings. The molecule has 0 fully saturated rings. The van der Waals surface area contributed by atoms with Crippen LogP contribution in [0.3, 0.4) is 0 Å². The van der Waals surface area contributed by atoms with E-state index in [9.17, 15) is 22.8 Å². The van der Waals surface area contributed by atoms with E-state index in [4.69, 9.17) is 27.9 Å². The Bertz CT molecular complexity index is 2190. The fourth-order valence-corrected chi connectivity index (χ4v) is 5.86. The third-order valence-electron chi connectivity index (χ3n) is 8.33. The van der Waals surface area contributed by atoms with Crippen molar-refractivity contribution >= 4 is 28.9 Å². The molecule has 2 atom stereocenters. The molecule has 2 bridgehead atoms. The lowest BCUT2D eigenvalue weighted by Crippen LogP contribution is -2.30. The van der Waals surface area contributed by atoms with Gasteiger partial charge in [0.1, 0.15) is 12.0 Å². The number of ether oxygens (including phenoxy) is 1. The first kappa shape index (κ1) is 35.0. The molecule has 14 nitrogen and oxygen atoms in total. The molecule has 5 N–H and O–H groups in total. The van der Waals surface area contributed by atoms with E-state index < -0.39 is 23.5 Å². The summed E-state index contributed by atoms with van der Waals surface area (Å²) in [6.07, 6.45) is 2.99. The molecule has 1 aromatic carbocycles. The number of hydrazine groups is 1. The minimum absolute atomic E-state index is 0.0672. The maximum Gasteiger partial charge on any atom is 0.432 e. The van der Waals surface area contributed by atoms with Crippen LogP contribution >= 0.6 is 11.6 Å². The summed E-state index contributed by atoms with van der Waals surface area (Å²) in [5.41, 5.74) is 5.77. The van der Waals surface area contributed by atoms with Crippen molar-refractivity contribution in [3.05, 3.63) is 100 Å². The number of hydrogen-bond acceptors (Lipinski definition) is 11. The third-order valence-corrected chi connectivity index (χ3v) is 8.56. The minimum Gasteiger partial charge on any atom is -0.481 e. The highest BCUT2D eigenvalue weighted by Gasteiger charge is 2.32. The molecule has 1 aliphatic heterocycles. The van der Waals surface area contributed by atoms with Gasteiger partial charge in [0, 0.05) is 46.6 Å². The molecule has 5 heterocycles. The summed E-state index contributed by atoms with van der Waals surface area (Å²) in [6.45, 7) is 1.82. The number of fused-ring (bicyclic) bond motifs is 4. The topological polar surface area (TPSA) is 185 Å². The van der Waals surface area contributed by atoms with Crippen LogP contribution < -0.4 is 32.2 Å². The quantitative estimate of drug-likeness (QED) is 0.158. The van der Waals surface area contributed by atoms with E-state index in [2.05, 4.69) is 30.4 Å². The number of carbonyl (C=O) groups is 1. The van der Waals surface area contributed by atoms with Crippen molar-refractivity contribution in [2.45, 2.75) is 38.4 Å². The number of alkyl halides is 3. The van der Waals surface area contributed by atoms with Crippen molar-refractivity contribution in [2.24, 2.45) is 17.5 Å². The Morgan fingerprint density at radius 2 is 1.90 bits per heavy atom. The van der Waals surface area contributed by atoms with Gasteiger partial charge in [-0.05, 0) is 43.2 Å². The van der Waals surface area contributed by atoms with Crippen LogP contribution in [-0.2, 0) is 4.79 Å². The Hall–Kier alpha value is -5.81. The summed E-state index contributed by atoms with van der Waals surface area (Å²) in [5, 5.41) is 8.43. The number of benzene rings is 1. The number of halogens is 4. The number of aromatic nitrogens is 7. The van der Waals surface area contributed by atoms with Gasteiger partial charge in [-0.15, -0.1) is 0 Å². The predicted molar refractivity (Wildman–Crippen MR) is 183 cm³/mol. The maximum atomic E-state index is 13.9. The average molecular weight is 722 g/mol. The second-order valence-electron chi connectivity index (χ2n) is 11.7. The molecule has 1 amide bonds. The molecular formula is C33H31ClF3N11O3. The van der Waals surface area contributed by atoms with E-state index in [1.807, 2.05) is 6.92 Å². The van der Waals surface area contributed by atoms with Crippen LogP contribution in [0.25, 0.3) is 28.3 Å². The Balaban J connectivity index is 1.44. The Morgan fingerprint density at radius 1 is 1.10 bits per heavy atom. The molecule has 4 aromatic heterocycles. The van der Waals surface area contributed by atoms with Crippen LogP contribution in [-0.4, -0.2) is 53.5 Å². The molecule has 18 heteroatoms. The molecule has 0 radical (unpaired) electrons. The summed E-state index contributed by atoms with van der Waals surface area (Å²) in [6, 6.07) is 10.0. The van der Waals surface area contributed by atoms with E-state index in [0.717, 1.165) is 0 Å². The summed E-state index contributed by atoms with van der Waals surface area (Å²) in [5.74, 6) is 6.07. The minimum atomic E-state index is -4.81.